The molecule has 0 amide bonds. The first-order valence-electron chi connectivity index (χ1n) is 10.4. The Morgan fingerprint density at radius 2 is 1.30 bits per heavy atom. The van der Waals surface area contributed by atoms with Crippen LogP contribution >= 0.6 is 0 Å². The van der Waals surface area contributed by atoms with Crippen molar-refractivity contribution < 1.29 is 0 Å². The topological polar surface area (TPSA) is 27.0 Å². The van der Waals surface area contributed by atoms with Gasteiger partial charge in [0.25, 0.3) is 0 Å². The highest BCUT2D eigenvalue weighted by Gasteiger charge is 2.22. The molecule has 1 atom stereocenters. The molecular formula is C21H42N2. The van der Waals surface area contributed by atoms with Gasteiger partial charge in [-0.3, -0.25) is 0 Å². The Balaban J connectivity index is 0.00000232. The van der Waals surface area contributed by atoms with Gasteiger partial charge in [-0.25, -0.2) is 5.26 Å². The third-order valence-corrected chi connectivity index (χ3v) is 5.19. The first-order chi connectivity index (χ1) is 11.4. The Kier molecular flexibility index (Phi) is 17.4. The van der Waals surface area contributed by atoms with Crippen LogP contribution in [0.1, 0.15) is 110 Å². The summed E-state index contributed by atoms with van der Waals surface area (Å²) in [5.41, 5.74) is 0. The molecule has 0 aromatic rings. The highest BCUT2D eigenvalue weighted by molar-refractivity contribution is 4.78. The molecule has 0 saturated carbocycles. The minimum Gasteiger partial charge on any atom is -0.300 e. The van der Waals surface area contributed by atoms with Gasteiger partial charge >= 0.3 is 0 Å². The van der Waals surface area contributed by atoms with E-state index in [1.807, 2.05) is 0 Å². The van der Waals surface area contributed by atoms with E-state index in [4.69, 9.17) is 5.26 Å². The van der Waals surface area contributed by atoms with Gasteiger partial charge in [-0.1, -0.05) is 84.5 Å². The van der Waals surface area contributed by atoms with Crippen molar-refractivity contribution in [2.24, 2.45) is 0 Å². The molecule has 1 aliphatic rings. The van der Waals surface area contributed by atoms with Crippen LogP contribution in [0.5, 0.6) is 0 Å². The lowest BCUT2D eigenvalue weighted by molar-refractivity contribution is 0.234. The second-order valence-electron chi connectivity index (χ2n) is 7.16. The molecule has 2 heteroatoms. The van der Waals surface area contributed by atoms with Crippen LogP contribution in [0.3, 0.4) is 0 Å². The molecule has 1 aliphatic heterocycles. The van der Waals surface area contributed by atoms with Crippen molar-refractivity contribution in [2.45, 2.75) is 116 Å². The molecule has 1 saturated heterocycles. The fraction of sp³-hybridized carbons (Fsp3) is 0.952. The molecule has 0 aromatic heterocycles. The molecule has 1 unspecified atom stereocenters. The van der Waals surface area contributed by atoms with Gasteiger partial charge in [-0.2, -0.15) is 0 Å². The summed E-state index contributed by atoms with van der Waals surface area (Å²) in [6.45, 7) is 10.9. The molecule has 23 heavy (non-hydrogen) atoms. The van der Waals surface area contributed by atoms with Crippen molar-refractivity contribution in [2.75, 3.05) is 13.1 Å². The summed E-state index contributed by atoms with van der Waals surface area (Å²) >= 11 is 0. The summed E-state index contributed by atoms with van der Waals surface area (Å²) in [4.78, 5) is 2.79. The van der Waals surface area contributed by atoms with Gasteiger partial charge in [-0.05, 0) is 38.8 Å². The van der Waals surface area contributed by atoms with Gasteiger partial charge in [0.1, 0.15) is 0 Å². The molecule has 1 fully saturated rings. The standard InChI is InChI=1S/C20H41N.CHN/c1-3-5-7-8-9-10-11-12-13-14-18-21-19-15-17-20(21)16-6-4-2;1-2/h20H,3-19H2,1-2H3;1H. The molecule has 0 aliphatic carbocycles. The van der Waals surface area contributed by atoms with Gasteiger partial charge < -0.3 is 4.90 Å². The molecule has 0 radical (unpaired) electrons. The van der Waals surface area contributed by atoms with Crippen molar-refractivity contribution in [3.8, 4) is 6.57 Å². The Bertz CT molecular complexity index is 249. The van der Waals surface area contributed by atoms with Gasteiger partial charge in [0.05, 0.1) is 0 Å². The number of unbranched alkanes of at least 4 members (excludes halogenated alkanes) is 10. The number of likely N-dealkylation sites (tertiary alicyclic amines) is 1. The van der Waals surface area contributed by atoms with Crippen LogP contribution in [0.15, 0.2) is 0 Å². The Labute approximate surface area is 146 Å². The minimum absolute atomic E-state index is 0.934. The third kappa shape index (κ3) is 12.5. The summed E-state index contributed by atoms with van der Waals surface area (Å²) < 4.78 is 0. The molecule has 1 rings (SSSR count). The van der Waals surface area contributed by atoms with Crippen LogP contribution in [-0.2, 0) is 0 Å². The normalized spacial score (nSPS) is 17.8. The quantitative estimate of drug-likeness (QED) is 0.333. The molecule has 0 aromatic carbocycles. The van der Waals surface area contributed by atoms with Crippen LogP contribution in [0, 0.1) is 11.8 Å². The molecule has 0 N–H and O–H groups in total. The number of hydrogen-bond acceptors (Lipinski definition) is 2. The first kappa shape index (κ1) is 22.4. The zero-order chi connectivity index (χ0) is 17.2. The molecule has 0 spiro atoms. The summed E-state index contributed by atoms with van der Waals surface area (Å²) in [5.74, 6) is 0. The largest absolute Gasteiger partial charge is 0.300 e. The lowest BCUT2D eigenvalue weighted by Gasteiger charge is -2.24. The van der Waals surface area contributed by atoms with Crippen molar-refractivity contribution >= 4 is 0 Å². The van der Waals surface area contributed by atoms with E-state index in [-0.39, 0.29) is 0 Å². The van der Waals surface area contributed by atoms with Crippen LogP contribution < -0.4 is 0 Å². The summed E-state index contributed by atoms with van der Waals surface area (Å²) in [6, 6.07) is 0.934. The second kappa shape index (κ2) is 17.8. The molecule has 2 nitrogen and oxygen atoms in total. The summed E-state index contributed by atoms with van der Waals surface area (Å²) in [7, 11) is 0. The zero-order valence-electron chi connectivity index (χ0n) is 16.1. The maximum Gasteiger partial charge on any atom is 0.0462 e. The Hall–Kier alpha value is -0.550. The fourth-order valence-electron chi connectivity index (χ4n) is 3.76. The average molecular weight is 323 g/mol. The zero-order valence-corrected chi connectivity index (χ0v) is 16.1. The van der Waals surface area contributed by atoms with E-state index in [1.54, 1.807) is 0 Å². The number of nitrogens with zero attached hydrogens (tertiary/aromatic N) is 2. The van der Waals surface area contributed by atoms with Crippen molar-refractivity contribution in [1.29, 1.82) is 5.26 Å². The minimum atomic E-state index is 0.934. The second-order valence-corrected chi connectivity index (χ2v) is 7.16. The van der Waals surface area contributed by atoms with E-state index in [0.717, 1.165) is 6.04 Å². The van der Waals surface area contributed by atoms with E-state index in [1.165, 1.54) is 109 Å². The average Bonchev–Trinajstić information content (AvgIpc) is 3.04. The highest BCUT2D eigenvalue weighted by Crippen LogP contribution is 2.22. The van der Waals surface area contributed by atoms with E-state index in [2.05, 4.69) is 25.3 Å². The maximum atomic E-state index is 6.50. The van der Waals surface area contributed by atoms with Gasteiger partial charge in [-0.15, -0.1) is 0 Å². The van der Waals surface area contributed by atoms with E-state index in [0.29, 0.717) is 0 Å². The third-order valence-electron chi connectivity index (χ3n) is 5.19. The van der Waals surface area contributed by atoms with Crippen molar-refractivity contribution in [1.82, 2.24) is 4.90 Å². The highest BCUT2D eigenvalue weighted by atomic mass is 15.2. The summed E-state index contributed by atoms with van der Waals surface area (Å²) in [6.07, 6.45) is 21.7. The van der Waals surface area contributed by atoms with Gasteiger partial charge in [0.2, 0.25) is 0 Å². The van der Waals surface area contributed by atoms with Crippen LogP contribution in [-0.4, -0.2) is 24.0 Å². The van der Waals surface area contributed by atoms with Crippen LogP contribution in [0.2, 0.25) is 0 Å². The number of nitriles is 1. The number of hydrogen-bond donors (Lipinski definition) is 0. The predicted octanol–water partition coefficient (Wildman–Crippen LogP) is 6.70. The Morgan fingerprint density at radius 1 is 0.783 bits per heavy atom. The molecular weight excluding hydrogens is 280 g/mol. The lowest BCUT2D eigenvalue weighted by Crippen LogP contribution is -2.30. The van der Waals surface area contributed by atoms with E-state index >= 15 is 0 Å². The van der Waals surface area contributed by atoms with Crippen molar-refractivity contribution in [3.63, 3.8) is 0 Å². The maximum absolute atomic E-state index is 6.50. The first-order valence-corrected chi connectivity index (χ1v) is 10.4. The number of rotatable bonds is 14. The molecule has 0 bridgehead atoms. The van der Waals surface area contributed by atoms with E-state index < -0.39 is 0 Å². The van der Waals surface area contributed by atoms with Crippen molar-refractivity contribution in [3.05, 3.63) is 0 Å². The monoisotopic (exact) mass is 322 g/mol. The van der Waals surface area contributed by atoms with E-state index in [9.17, 15) is 0 Å². The molecule has 136 valence electrons. The van der Waals surface area contributed by atoms with Gasteiger partial charge in [0.15, 0.2) is 0 Å². The fourth-order valence-corrected chi connectivity index (χ4v) is 3.76. The smallest absolute Gasteiger partial charge is 0.0462 e. The lowest BCUT2D eigenvalue weighted by atomic mass is 10.1. The van der Waals surface area contributed by atoms with Crippen LogP contribution in [0.4, 0.5) is 0 Å². The Morgan fingerprint density at radius 3 is 1.87 bits per heavy atom. The summed E-state index contributed by atoms with van der Waals surface area (Å²) in [5, 5.41) is 6.50. The SMILES string of the molecule is C#N.CCCCCCCCCCCCN1CCCC1CCCC. The predicted molar refractivity (Wildman–Crippen MR) is 103 cm³/mol. The van der Waals surface area contributed by atoms with Gasteiger partial charge in [0, 0.05) is 12.6 Å². The molecule has 1 heterocycles. The van der Waals surface area contributed by atoms with Crippen LogP contribution in [0.25, 0.3) is 0 Å².